The number of imidazole rings is 1. The summed E-state index contributed by atoms with van der Waals surface area (Å²) in [5.41, 5.74) is 8.69. The molecule has 0 fully saturated rings. The van der Waals surface area contributed by atoms with Gasteiger partial charge in [-0.3, -0.25) is 9.89 Å². The number of aromatic nitrogens is 4. The number of nitrogens with one attached hydrogen (secondary N) is 2. The zero-order valence-corrected chi connectivity index (χ0v) is 12.4. The van der Waals surface area contributed by atoms with Crippen molar-refractivity contribution in [3.8, 4) is 28.5 Å². The van der Waals surface area contributed by atoms with E-state index in [1.165, 1.54) is 0 Å². The standard InChI is InChI=1S/C17H13N5O2/c18-16(24)10-4-5-13-12(7-10)15(22-21-13)17-19-8-14(20-17)9-2-1-3-11(23)6-9/h1-8,23H,(H2,18,24)(H,19,20)(H,21,22). The third kappa shape index (κ3) is 2.28. The summed E-state index contributed by atoms with van der Waals surface area (Å²) in [4.78, 5) is 18.9. The van der Waals surface area contributed by atoms with Crippen LogP contribution >= 0.6 is 0 Å². The molecule has 0 spiro atoms. The Kier molecular flexibility index (Phi) is 3.06. The van der Waals surface area contributed by atoms with Crippen molar-refractivity contribution in [1.82, 2.24) is 20.2 Å². The molecule has 0 aliphatic carbocycles. The third-order valence-corrected chi connectivity index (χ3v) is 3.80. The number of carbonyl (C=O) groups excluding carboxylic acids is 1. The highest BCUT2D eigenvalue weighted by molar-refractivity contribution is 6.00. The van der Waals surface area contributed by atoms with Gasteiger partial charge in [-0.25, -0.2) is 4.98 Å². The van der Waals surface area contributed by atoms with Crippen LogP contribution in [-0.4, -0.2) is 31.2 Å². The van der Waals surface area contributed by atoms with Gasteiger partial charge in [0, 0.05) is 16.5 Å². The molecule has 0 aliphatic heterocycles. The fourth-order valence-electron chi connectivity index (χ4n) is 2.61. The highest BCUT2D eigenvalue weighted by atomic mass is 16.3. The second kappa shape index (κ2) is 5.24. The monoisotopic (exact) mass is 319 g/mol. The number of amides is 1. The van der Waals surface area contributed by atoms with Gasteiger partial charge in [-0.2, -0.15) is 5.10 Å². The molecule has 5 N–H and O–H groups in total. The normalized spacial score (nSPS) is 11.0. The number of aromatic hydroxyl groups is 1. The summed E-state index contributed by atoms with van der Waals surface area (Å²) in [6.45, 7) is 0. The maximum atomic E-state index is 11.4. The highest BCUT2D eigenvalue weighted by Crippen LogP contribution is 2.28. The Morgan fingerprint density at radius 3 is 2.83 bits per heavy atom. The van der Waals surface area contributed by atoms with Crippen molar-refractivity contribution < 1.29 is 9.90 Å². The van der Waals surface area contributed by atoms with Crippen LogP contribution in [0, 0.1) is 0 Å². The van der Waals surface area contributed by atoms with Crippen molar-refractivity contribution in [2.45, 2.75) is 0 Å². The molecule has 4 aromatic rings. The van der Waals surface area contributed by atoms with Crippen LogP contribution in [0.1, 0.15) is 10.4 Å². The lowest BCUT2D eigenvalue weighted by molar-refractivity contribution is 0.100. The number of H-pyrrole nitrogens is 2. The number of aromatic amines is 2. The van der Waals surface area contributed by atoms with E-state index in [2.05, 4.69) is 20.2 Å². The van der Waals surface area contributed by atoms with Crippen LogP contribution in [0.5, 0.6) is 5.75 Å². The van der Waals surface area contributed by atoms with Crippen LogP contribution in [0.2, 0.25) is 0 Å². The molecular formula is C17H13N5O2. The molecule has 2 aromatic carbocycles. The molecule has 4 rings (SSSR count). The molecule has 1 amide bonds. The van der Waals surface area contributed by atoms with Crippen LogP contribution < -0.4 is 5.73 Å². The molecule has 0 atom stereocenters. The summed E-state index contributed by atoms with van der Waals surface area (Å²) in [5.74, 6) is 0.241. The Bertz CT molecular complexity index is 1060. The smallest absolute Gasteiger partial charge is 0.248 e. The van der Waals surface area contributed by atoms with E-state index < -0.39 is 5.91 Å². The molecule has 118 valence electrons. The summed E-state index contributed by atoms with van der Waals surface area (Å²) >= 11 is 0. The number of hydrogen-bond acceptors (Lipinski definition) is 4. The van der Waals surface area contributed by atoms with Gasteiger partial charge in [-0.1, -0.05) is 12.1 Å². The van der Waals surface area contributed by atoms with E-state index in [1.807, 2.05) is 6.07 Å². The van der Waals surface area contributed by atoms with Gasteiger partial charge in [0.2, 0.25) is 5.91 Å². The number of nitrogens with two attached hydrogens (primary N) is 1. The van der Waals surface area contributed by atoms with E-state index in [0.29, 0.717) is 17.1 Å². The average molecular weight is 319 g/mol. The van der Waals surface area contributed by atoms with Crippen molar-refractivity contribution in [3.05, 3.63) is 54.2 Å². The van der Waals surface area contributed by atoms with Crippen molar-refractivity contribution in [3.63, 3.8) is 0 Å². The molecule has 0 bridgehead atoms. The van der Waals surface area contributed by atoms with Gasteiger partial charge in [-0.05, 0) is 30.3 Å². The lowest BCUT2D eigenvalue weighted by Gasteiger charge is -1.99. The number of phenols is 1. The van der Waals surface area contributed by atoms with Crippen LogP contribution in [0.15, 0.2) is 48.7 Å². The van der Waals surface area contributed by atoms with Crippen LogP contribution in [0.4, 0.5) is 0 Å². The molecule has 7 heteroatoms. The van der Waals surface area contributed by atoms with Crippen LogP contribution in [0.25, 0.3) is 33.7 Å². The molecule has 0 radical (unpaired) electrons. The quantitative estimate of drug-likeness (QED) is 0.463. The van der Waals surface area contributed by atoms with Gasteiger partial charge >= 0.3 is 0 Å². The SMILES string of the molecule is NC(=O)c1ccc2[nH]nc(-c3ncc(-c4cccc(O)c4)[nH]3)c2c1. The number of phenolic OH excluding ortho intramolecular Hbond substituents is 1. The molecule has 2 heterocycles. The highest BCUT2D eigenvalue weighted by Gasteiger charge is 2.14. The summed E-state index contributed by atoms with van der Waals surface area (Å²) in [6.07, 6.45) is 1.67. The van der Waals surface area contributed by atoms with E-state index >= 15 is 0 Å². The second-order valence-electron chi connectivity index (χ2n) is 5.39. The molecule has 0 saturated carbocycles. The number of nitrogens with zero attached hydrogens (tertiary/aromatic N) is 2. The zero-order valence-electron chi connectivity index (χ0n) is 12.4. The largest absolute Gasteiger partial charge is 0.508 e. The fourth-order valence-corrected chi connectivity index (χ4v) is 2.61. The Morgan fingerprint density at radius 2 is 2.04 bits per heavy atom. The number of fused-ring (bicyclic) bond motifs is 1. The van der Waals surface area contributed by atoms with Crippen molar-refractivity contribution in [2.24, 2.45) is 5.73 Å². The number of primary amides is 1. The van der Waals surface area contributed by atoms with E-state index in [-0.39, 0.29) is 5.75 Å². The lowest BCUT2D eigenvalue weighted by Crippen LogP contribution is -2.10. The van der Waals surface area contributed by atoms with Crippen molar-refractivity contribution in [1.29, 1.82) is 0 Å². The Hall–Kier alpha value is -3.61. The Morgan fingerprint density at radius 1 is 1.17 bits per heavy atom. The maximum absolute atomic E-state index is 11.4. The first-order valence-electron chi connectivity index (χ1n) is 7.24. The van der Waals surface area contributed by atoms with Crippen LogP contribution in [0.3, 0.4) is 0 Å². The molecular weight excluding hydrogens is 306 g/mol. The van der Waals surface area contributed by atoms with Gasteiger partial charge in [0.15, 0.2) is 5.82 Å². The fraction of sp³-hybridized carbons (Fsp3) is 0. The summed E-state index contributed by atoms with van der Waals surface area (Å²) in [7, 11) is 0. The summed E-state index contributed by atoms with van der Waals surface area (Å²) in [6, 6.07) is 12.0. The summed E-state index contributed by atoms with van der Waals surface area (Å²) in [5, 5.41) is 17.5. The maximum Gasteiger partial charge on any atom is 0.248 e. The molecule has 0 aliphatic rings. The minimum absolute atomic E-state index is 0.181. The van der Waals surface area contributed by atoms with E-state index in [4.69, 9.17) is 5.73 Å². The van der Waals surface area contributed by atoms with E-state index in [0.717, 1.165) is 22.2 Å². The van der Waals surface area contributed by atoms with E-state index in [9.17, 15) is 9.90 Å². The number of carbonyl (C=O) groups is 1. The van der Waals surface area contributed by atoms with Gasteiger partial charge in [0.1, 0.15) is 11.4 Å². The van der Waals surface area contributed by atoms with Crippen molar-refractivity contribution >= 4 is 16.8 Å². The topological polar surface area (TPSA) is 121 Å². The first-order valence-corrected chi connectivity index (χ1v) is 7.24. The van der Waals surface area contributed by atoms with Crippen LogP contribution in [-0.2, 0) is 0 Å². The third-order valence-electron chi connectivity index (χ3n) is 3.80. The molecule has 24 heavy (non-hydrogen) atoms. The zero-order chi connectivity index (χ0) is 16.7. The van der Waals surface area contributed by atoms with E-state index in [1.54, 1.807) is 42.6 Å². The predicted octanol–water partition coefficient (Wildman–Crippen LogP) is 2.42. The van der Waals surface area contributed by atoms with Crippen molar-refractivity contribution in [2.75, 3.05) is 0 Å². The van der Waals surface area contributed by atoms with Gasteiger partial charge in [0.25, 0.3) is 0 Å². The molecule has 0 saturated heterocycles. The Labute approximate surface area is 136 Å². The number of rotatable bonds is 3. The first-order chi connectivity index (χ1) is 11.6. The van der Waals surface area contributed by atoms with Gasteiger partial charge in [-0.15, -0.1) is 0 Å². The first kappa shape index (κ1) is 14.0. The van der Waals surface area contributed by atoms with Gasteiger partial charge < -0.3 is 15.8 Å². The minimum Gasteiger partial charge on any atom is -0.508 e. The average Bonchev–Trinajstić information content (AvgIpc) is 3.20. The van der Waals surface area contributed by atoms with Gasteiger partial charge in [0.05, 0.1) is 17.4 Å². The summed E-state index contributed by atoms with van der Waals surface area (Å²) < 4.78 is 0. The molecule has 2 aromatic heterocycles. The lowest BCUT2D eigenvalue weighted by atomic mass is 10.1. The molecule has 7 nitrogen and oxygen atoms in total. The number of hydrogen-bond donors (Lipinski definition) is 4. The Balaban J connectivity index is 1.81. The molecule has 0 unspecified atom stereocenters. The predicted molar refractivity (Wildman–Crippen MR) is 89.3 cm³/mol. The second-order valence-corrected chi connectivity index (χ2v) is 5.39. The minimum atomic E-state index is -0.496. The number of benzene rings is 2.